The summed E-state index contributed by atoms with van der Waals surface area (Å²) in [6.07, 6.45) is 2.98. The molecular weight excluding hydrogens is 151 g/mol. The quantitative estimate of drug-likeness (QED) is 0.543. The largest absolute Gasteiger partial charge is 0.251 e. The Balaban J connectivity index is 0. The molecule has 0 amide bonds. The number of rotatable bonds is 5. The normalized spacial score (nSPS) is 12.2. The van der Waals surface area contributed by atoms with E-state index < -0.39 is 0 Å². The Morgan fingerprint density at radius 1 is 1.00 bits per heavy atom. The summed E-state index contributed by atoms with van der Waals surface area (Å²) in [6.45, 7) is 10.5. The van der Waals surface area contributed by atoms with Crippen LogP contribution in [0.3, 0.4) is 0 Å². The average Bonchev–Trinajstić information content (AvgIpc) is 2.08. The smallest absolute Gasteiger partial charge is 0.0894 e. The van der Waals surface area contributed by atoms with Crippen molar-refractivity contribution in [3.05, 3.63) is 0 Å². The van der Waals surface area contributed by atoms with Crippen molar-refractivity contribution in [2.24, 2.45) is 11.8 Å². The van der Waals surface area contributed by atoms with Crippen LogP contribution in [0.4, 0.5) is 4.39 Å². The van der Waals surface area contributed by atoms with E-state index in [-0.39, 0.29) is 6.67 Å². The SMILES string of the molecule is CC.CC(C)C(C)CCCCF. The summed E-state index contributed by atoms with van der Waals surface area (Å²) in [4.78, 5) is 0. The van der Waals surface area contributed by atoms with Gasteiger partial charge in [0.2, 0.25) is 0 Å². The molecule has 0 saturated heterocycles. The third-order valence-corrected chi connectivity index (χ3v) is 2.18. The van der Waals surface area contributed by atoms with Crippen LogP contribution in [0.1, 0.15) is 53.9 Å². The Morgan fingerprint density at radius 3 is 1.83 bits per heavy atom. The van der Waals surface area contributed by atoms with Crippen LogP contribution in [0.5, 0.6) is 0 Å². The molecule has 0 N–H and O–H groups in total. The van der Waals surface area contributed by atoms with Gasteiger partial charge in [0.05, 0.1) is 6.67 Å². The fourth-order valence-electron chi connectivity index (χ4n) is 0.894. The average molecular weight is 176 g/mol. The molecule has 0 aromatic rings. The van der Waals surface area contributed by atoms with Crippen molar-refractivity contribution >= 4 is 0 Å². The molecule has 76 valence electrons. The van der Waals surface area contributed by atoms with Crippen LogP contribution in [-0.4, -0.2) is 6.67 Å². The highest BCUT2D eigenvalue weighted by atomic mass is 19.1. The van der Waals surface area contributed by atoms with Crippen LogP contribution in [0.2, 0.25) is 0 Å². The first-order valence-corrected chi connectivity index (χ1v) is 5.24. The van der Waals surface area contributed by atoms with Crippen molar-refractivity contribution in [1.82, 2.24) is 0 Å². The summed E-state index contributed by atoms with van der Waals surface area (Å²) < 4.78 is 11.6. The van der Waals surface area contributed by atoms with Crippen LogP contribution in [0.15, 0.2) is 0 Å². The van der Waals surface area contributed by atoms with Crippen molar-refractivity contribution in [2.45, 2.75) is 53.9 Å². The van der Waals surface area contributed by atoms with E-state index >= 15 is 0 Å². The monoisotopic (exact) mass is 176 g/mol. The number of alkyl halides is 1. The molecule has 0 nitrogen and oxygen atoms in total. The molecule has 0 radical (unpaired) electrons. The first-order valence-electron chi connectivity index (χ1n) is 5.24. The van der Waals surface area contributed by atoms with Gasteiger partial charge in [-0.15, -0.1) is 0 Å². The van der Waals surface area contributed by atoms with E-state index in [0.29, 0.717) is 0 Å². The predicted molar refractivity (Wildman–Crippen MR) is 55.2 cm³/mol. The summed E-state index contributed by atoms with van der Waals surface area (Å²) in [5, 5.41) is 0. The lowest BCUT2D eigenvalue weighted by Crippen LogP contribution is -2.03. The van der Waals surface area contributed by atoms with Crippen LogP contribution in [0, 0.1) is 11.8 Å². The Hall–Kier alpha value is -0.0700. The molecule has 1 unspecified atom stereocenters. The van der Waals surface area contributed by atoms with Crippen molar-refractivity contribution in [3.63, 3.8) is 0 Å². The minimum Gasteiger partial charge on any atom is -0.251 e. The predicted octanol–water partition coefficient (Wildman–Crippen LogP) is 4.44. The van der Waals surface area contributed by atoms with Crippen LogP contribution >= 0.6 is 0 Å². The maximum atomic E-state index is 11.6. The summed E-state index contributed by atoms with van der Waals surface area (Å²) in [5.74, 6) is 1.51. The third-order valence-electron chi connectivity index (χ3n) is 2.18. The Bertz CT molecular complexity index is 69.4. The molecule has 12 heavy (non-hydrogen) atoms. The molecule has 0 aliphatic rings. The summed E-state index contributed by atoms with van der Waals surface area (Å²) in [5.41, 5.74) is 0. The lowest BCUT2D eigenvalue weighted by molar-refractivity contribution is 0.362. The van der Waals surface area contributed by atoms with E-state index in [1.54, 1.807) is 0 Å². The third kappa shape index (κ3) is 9.93. The second kappa shape index (κ2) is 10.9. The molecular formula is C11H25F. The van der Waals surface area contributed by atoms with Gasteiger partial charge >= 0.3 is 0 Å². The van der Waals surface area contributed by atoms with E-state index in [2.05, 4.69) is 20.8 Å². The Kier molecular flexibility index (Phi) is 13.2. The van der Waals surface area contributed by atoms with E-state index in [4.69, 9.17) is 0 Å². The topological polar surface area (TPSA) is 0 Å². The molecule has 0 aliphatic heterocycles. The van der Waals surface area contributed by atoms with Gasteiger partial charge < -0.3 is 0 Å². The number of unbranched alkanes of at least 4 members (excludes halogenated alkanes) is 1. The van der Waals surface area contributed by atoms with Gasteiger partial charge in [-0.1, -0.05) is 47.5 Å². The van der Waals surface area contributed by atoms with Crippen LogP contribution in [0.25, 0.3) is 0 Å². The van der Waals surface area contributed by atoms with Gasteiger partial charge in [-0.2, -0.15) is 0 Å². The second-order valence-corrected chi connectivity index (χ2v) is 3.41. The maximum absolute atomic E-state index is 11.6. The van der Waals surface area contributed by atoms with Gasteiger partial charge in [0.1, 0.15) is 0 Å². The molecule has 0 saturated carbocycles. The zero-order valence-corrected chi connectivity index (χ0v) is 9.36. The second-order valence-electron chi connectivity index (χ2n) is 3.41. The number of hydrogen-bond acceptors (Lipinski definition) is 0. The van der Waals surface area contributed by atoms with Gasteiger partial charge in [0.25, 0.3) is 0 Å². The lowest BCUT2D eigenvalue weighted by atomic mass is 9.93. The van der Waals surface area contributed by atoms with Gasteiger partial charge in [-0.25, -0.2) is 0 Å². The van der Waals surface area contributed by atoms with E-state index in [9.17, 15) is 4.39 Å². The fraction of sp³-hybridized carbons (Fsp3) is 1.00. The van der Waals surface area contributed by atoms with E-state index in [1.807, 2.05) is 13.8 Å². The van der Waals surface area contributed by atoms with E-state index in [0.717, 1.165) is 24.7 Å². The molecule has 0 fully saturated rings. The maximum Gasteiger partial charge on any atom is 0.0894 e. The first kappa shape index (κ1) is 14.5. The lowest BCUT2D eigenvalue weighted by Gasteiger charge is -2.13. The van der Waals surface area contributed by atoms with Gasteiger partial charge in [-0.3, -0.25) is 4.39 Å². The highest BCUT2D eigenvalue weighted by Crippen LogP contribution is 2.16. The van der Waals surface area contributed by atoms with Gasteiger partial charge in [0, 0.05) is 0 Å². The summed E-state index contributed by atoms with van der Waals surface area (Å²) in [6, 6.07) is 0. The molecule has 0 rings (SSSR count). The van der Waals surface area contributed by atoms with Crippen molar-refractivity contribution in [2.75, 3.05) is 6.67 Å². The van der Waals surface area contributed by atoms with Crippen molar-refractivity contribution in [1.29, 1.82) is 0 Å². The number of hydrogen-bond donors (Lipinski definition) is 0. The zero-order valence-electron chi connectivity index (χ0n) is 9.36. The Labute approximate surface area is 77.6 Å². The molecule has 0 bridgehead atoms. The first-order chi connectivity index (χ1) is 5.68. The van der Waals surface area contributed by atoms with Crippen molar-refractivity contribution in [3.8, 4) is 0 Å². The van der Waals surface area contributed by atoms with Crippen LogP contribution in [-0.2, 0) is 0 Å². The number of halogens is 1. The fourth-order valence-corrected chi connectivity index (χ4v) is 0.894. The Morgan fingerprint density at radius 2 is 1.50 bits per heavy atom. The molecule has 0 aromatic carbocycles. The summed E-state index contributed by atoms with van der Waals surface area (Å²) in [7, 11) is 0. The molecule has 1 heteroatoms. The highest BCUT2D eigenvalue weighted by Gasteiger charge is 2.05. The standard InChI is InChI=1S/C9H19F.C2H6/c1-8(2)9(3)6-4-5-7-10;1-2/h8-9H,4-7H2,1-3H3;1-2H3. The zero-order chi connectivity index (χ0) is 9.98. The van der Waals surface area contributed by atoms with Gasteiger partial charge in [-0.05, 0) is 18.3 Å². The minimum atomic E-state index is -0.148. The van der Waals surface area contributed by atoms with Gasteiger partial charge in [0.15, 0.2) is 0 Å². The van der Waals surface area contributed by atoms with E-state index in [1.165, 1.54) is 6.42 Å². The minimum absolute atomic E-state index is 0.148. The summed E-state index contributed by atoms with van der Waals surface area (Å²) >= 11 is 0. The molecule has 0 aliphatic carbocycles. The highest BCUT2D eigenvalue weighted by molar-refractivity contribution is 4.56. The molecule has 0 aromatic heterocycles. The van der Waals surface area contributed by atoms with Crippen molar-refractivity contribution < 1.29 is 4.39 Å². The molecule has 0 spiro atoms. The van der Waals surface area contributed by atoms with Crippen LogP contribution < -0.4 is 0 Å². The molecule has 0 heterocycles. The molecule has 1 atom stereocenters.